The highest BCUT2D eigenvalue weighted by atomic mass is 19.1. The Labute approximate surface area is 165 Å². The Bertz CT molecular complexity index is 804. The van der Waals surface area contributed by atoms with Gasteiger partial charge in [-0.05, 0) is 48.7 Å². The number of benzene rings is 2. The summed E-state index contributed by atoms with van der Waals surface area (Å²) in [4.78, 5) is 19.2. The third kappa shape index (κ3) is 4.28. The van der Waals surface area contributed by atoms with Gasteiger partial charge in [-0.25, -0.2) is 9.18 Å². The molecule has 2 aromatic carbocycles. The van der Waals surface area contributed by atoms with Crippen molar-refractivity contribution in [1.29, 1.82) is 0 Å². The Morgan fingerprint density at radius 3 is 2.50 bits per heavy atom. The highest BCUT2D eigenvalue weighted by Crippen LogP contribution is 2.28. The molecule has 0 radical (unpaired) electrons. The lowest BCUT2D eigenvalue weighted by Crippen LogP contribution is -2.52. The van der Waals surface area contributed by atoms with Crippen LogP contribution in [0.15, 0.2) is 48.5 Å². The van der Waals surface area contributed by atoms with Crippen molar-refractivity contribution >= 4 is 11.7 Å². The van der Waals surface area contributed by atoms with Gasteiger partial charge in [0, 0.05) is 45.0 Å². The van der Waals surface area contributed by atoms with Crippen molar-refractivity contribution in [3.63, 3.8) is 0 Å². The molecule has 0 spiro atoms. The van der Waals surface area contributed by atoms with Crippen LogP contribution in [0.2, 0.25) is 0 Å². The molecule has 0 bridgehead atoms. The zero-order valence-electron chi connectivity index (χ0n) is 16.0. The van der Waals surface area contributed by atoms with E-state index in [9.17, 15) is 9.18 Å². The molecule has 28 heavy (non-hydrogen) atoms. The maximum absolute atomic E-state index is 12.9. The van der Waals surface area contributed by atoms with Gasteiger partial charge < -0.3 is 9.64 Å². The van der Waals surface area contributed by atoms with Gasteiger partial charge in [0.15, 0.2) is 0 Å². The number of fused-ring (bicyclic) bond motifs is 1. The van der Waals surface area contributed by atoms with Crippen molar-refractivity contribution in [1.82, 2.24) is 9.80 Å². The van der Waals surface area contributed by atoms with Gasteiger partial charge in [0.05, 0.1) is 6.61 Å². The van der Waals surface area contributed by atoms with E-state index in [1.807, 2.05) is 28.0 Å². The molecule has 1 saturated heterocycles. The maximum Gasteiger partial charge on any atom is 0.324 e. The molecule has 148 valence electrons. The van der Waals surface area contributed by atoms with Crippen LogP contribution in [0.5, 0.6) is 5.75 Å². The molecule has 2 amide bonds. The van der Waals surface area contributed by atoms with Gasteiger partial charge in [0.25, 0.3) is 0 Å². The fourth-order valence-corrected chi connectivity index (χ4v) is 3.88. The SMILES string of the molecule is O=C(N1CCN(CCCOc2ccc(F)cc2)CC1)N1CCc2ccccc21. The zero-order valence-corrected chi connectivity index (χ0v) is 16.0. The normalized spacial score (nSPS) is 16.9. The highest BCUT2D eigenvalue weighted by Gasteiger charge is 2.29. The number of piperazine rings is 1. The Kier molecular flexibility index (Phi) is 5.76. The topological polar surface area (TPSA) is 36.0 Å². The average molecular weight is 383 g/mol. The number of nitrogens with zero attached hydrogens (tertiary/aromatic N) is 3. The summed E-state index contributed by atoms with van der Waals surface area (Å²) in [5.74, 6) is 0.444. The second kappa shape index (κ2) is 8.61. The van der Waals surface area contributed by atoms with E-state index in [0.29, 0.717) is 12.4 Å². The van der Waals surface area contributed by atoms with Crippen LogP contribution in [0.25, 0.3) is 0 Å². The predicted molar refractivity (Wildman–Crippen MR) is 107 cm³/mol. The van der Waals surface area contributed by atoms with Crippen LogP contribution in [0.1, 0.15) is 12.0 Å². The van der Waals surface area contributed by atoms with Crippen molar-refractivity contribution < 1.29 is 13.9 Å². The number of ether oxygens (including phenoxy) is 1. The van der Waals surface area contributed by atoms with E-state index >= 15 is 0 Å². The lowest BCUT2D eigenvalue weighted by Gasteiger charge is -2.36. The van der Waals surface area contributed by atoms with Crippen LogP contribution in [0.3, 0.4) is 0 Å². The second-order valence-corrected chi connectivity index (χ2v) is 7.30. The Balaban J connectivity index is 1.19. The Morgan fingerprint density at radius 1 is 0.964 bits per heavy atom. The minimum atomic E-state index is -0.253. The number of carbonyl (C=O) groups is 1. The van der Waals surface area contributed by atoms with Gasteiger partial charge in [-0.2, -0.15) is 0 Å². The first-order valence-electron chi connectivity index (χ1n) is 9.96. The van der Waals surface area contributed by atoms with Crippen LogP contribution in [-0.4, -0.2) is 61.7 Å². The fourth-order valence-electron chi connectivity index (χ4n) is 3.88. The van der Waals surface area contributed by atoms with E-state index in [2.05, 4.69) is 11.0 Å². The molecule has 0 unspecified atom stereocenters. The monoisotopic (exact) mass is 383 g/mol. The molecule has 0 atom stereocenters. The number of amides is 2. The van der Waals surface area contributed by atoms with Crippen LogP contribution in [-0.2, 0) is 6.42 Å². The van der Waals surface area contributed by atoms with Gasteiger partial charge >= 0.3 is 6.03 Å². The van der Waals surface area contributed by atoms with Crippen LogP contribution < -0.4 is 9.64 Å². The molecule has 4 rings (SSSR count). The summed E-state index contributed by atoms with van der Waals surface area (Å²) in [7, 11) is 0. The number of hydrogen-bond donors (Lipinski definition) is 0. The van der Waals surface area contributed by atoms with Gasteiger partial charge in [-0.3, -0.25) is 9.80 Å². The molecule has 2 aliphatic heterocycles. The summed E-state index contributed by atoms with van der Waals surface area (Å²) in [6, 6.07) is 14.4. The molecule has 0 aliphatic carbocycles. The van der Waals surface area contributed by atoms with Crippen molar-refractivity contribution in [2.75, 3.05) is 50.8 Å². The molecule has 2 aliphatic rings. The summed E-state index contributed by atoms with van der Waals surface area (Å²) in [6.45, 7) is 5.62. The molecule has 5 nitrogen and oxygen atoms in total. The van der Waals surface area contributed by atoms with E-state index in [0.717, 1.165) is 57.8 Å². The lowest BCUT2D eigenvalue weighted by atomic mass is 10.2. The molecule has 6 heteroatoms. The number of urea groups is 1. The third-order valence-corrected chi connectivity index (χ3v) is 5.46. The quantitative estimate of drug-likeness (QED) is 0.743. The summed E-state index contributed by atoms with van der Waals surface area (Å²) in [5.41, 5.74) is 2.32. The first kappa shape index (κ1) is 18.7. The van der Waals surface area contributed by atoms with E-state index in [-0.39, 0.29) is 11.8 Å². The number of para-hydroxylation sites is 1. The largest absolute Gasteiger partial charge is 0.494 e. The van der Waals surface area contributed by atoms with Gasteiger partial charge in [0.1, 0.15) is 11.6 Å². The van der Waals surface area contributed by atoms with E-state index in [1.165, 1.54) is 17.7 Å². The minimum Gasteiger partial charge on any atom is -0.494 e. The molecular weight excluding hydrogens is 357 g/mol. The molecule has 1 fully saturated rings. The lowest BCUT2D eigenvalue weighted by molar-refractivity contribution is 0.138. The molecule has 0 saturated carbocycles. The van der Waals surface area contributed by atoms with E-state index < -0.39 is 0 Å². The number of halogens is 1. The van der Waals surface area contributed by atoms with Crippen molar-refractivity contribution in [2.24, 2.45) is 0 Å². The number of carbonyl (C=O) groups excluding carboxylic acids is 1. The summed E-state index contributed by atoms with van der Waals surface area (Å²) < 4.78 is 18.5. The van der Waals surface area contributed by atoms with E-state index in [1.54, 1.807) is 12.1 Å². The fraction of sp³-hybridized carbons (Fsp3) is 0.409. The minimum absolute atomic E-state index is 0.129. The first-order chi connectivity index (χ1) is 13.7. The van der Waals surface area contributed by atoms with Gasteiger partial charge in [-0.15, -0.1) is 0 Å². The van der Waals surface area contributed by atoms with Gasteiger partial charge in [0.2, 0.25) is 0 Å². The third-order valence-electron chi connectivity index (χ3n) is 5.46. The summed E-state index contributed by atoms with van der Waals surface area (Å²) in [6.07, 6.45) is 1.85. The van der Waals surface area contributed by atoms with E-state index in [4.69, 9.17) is 4.74 Å². The molecule has 0 N–H and O–H groups in total. The Hall–Kier alpha value is -2.60. The van der Waals surface area contributed by atoms with Crippen molar-refractivity contribution in [3.8, 4) is 5.75 Å². The van der Waals surface area contributed by atoms with Crippen LogP contribution in [0.4, 0.5) is 14.9 Å². The summed E-state index contributed by atoms with van der Waals surface area (Å²) in [5, 5.41) is 0. The zero-order chi connectivity index (χ0) is 19.3. The average Bonchev–Trinajstić information content (AvgIpc) is 3.17. The smallest absolute Gasteiger partial charge is 0.324 e. The van der Waals surface area contributed by atoms with Crippen molar-refractivity contribution in [3.05, 3.63) is 59.9 Å². The summed E-state index contributed by atoms with van der Waals surface area (Å²) >= 11 is 0. The van der Waals surface area contributed by atoms with Gasteiger partial charge in [-0.1, -0.05) is 18.2 Å². The highest BCUT2D eigenvalue weighted by molar-refractivity contribution is 5.94. The number of anilines is 1. The molecular formula is C22H26FN3O2. The molecule has 2 heterocycles. The number of hydrogen-bond acceptors (Lipinski definition) is 3. The predicted octanol–water partition coefficient (Wildman–Crippen LogP) is 3.39. The second-order valence-electron chi connectivity index (χ2n) is 7.30. The maximum atomic E-state index is 12.9. The molecule has 0 aromatic heterocycles. The first-order valence-corrected chi connectivity index (χ1v) is 9.96. The Morgan fingerprint density at radius 2 is 1.71 bits per heavy atom. The number of rotatable bonds is 5. The standard InChI is InChI=1S/C22H26FN3O2/c23-19-6-8-20(9-7-19)28-17-3-11-24-13-15-25(16-14-24)22(27)26-12-10-18-4-1-2-5-21(18)26/h1-2,4-9H,3,10-17H2. The van der Waals surface area contributed by atoms with Crippen LogP contribution in [0, 0.1) is 5.82 Å². The van der Waals surface area contributed by atoms with Crippen molar-refractivity contribution in [2.45, 2.75) is 12.8 Å². The molecule has 2 aromatic rings. The van der Waals surface area contributed by atoms with Crippen LogP contribution >= 0.6 is 0 Å².